The molecule has 100 valence electrons. The SMILES string of the molecule is CS(=O)(=O)N1CC=C(c2c[nH]c3cnccc23)CC1. The molecule has 0 unspecified atom stereocenters. The average Bonchev–Trinajstić information content (AvgIpc) is 2.82. The predicted molar refractivity (Wildman–Crippen MR) is 75.1 cm³/mol. The summed E-state index contributed by atoms with van der Waals surface area (Å²) < 4.78 is 24.4. The van der Waals surface area contributed by atoms with Gasteiger partial charge in [0, 0.05) is 36.4 Å². The van der Waals surface area contributed by atoms with Crippen molar-refractivity contribution in [3.63, 3.8) is 0 Å². The second-order valence-electron chi connectivity index (χ2n) is 4.72. The molecule has 0 bridgehead atoms. The van der Waals surface area contributed by atoms with Gasteiger partial charge < -0.3 is 4.98 Å². The molecule has 3 rings (SSSR count). The highest BCUT2D eigenvalue weighted by atomic mass is 32.2. The first-order chi connectivity index (χ1) is 9.05. The predicted octanol–water partition coefficient (Wildman–Crippen LogP) is 1.61. The zero-order valence-corrected chi connectivity index (χ0v) is 11.4. The van der Waals surface area contributed by atoms with Gasteiger partial charge in [0.05, 0.1) is 18.0 Å². The molecule has 2 aromatic heterocycles. The van der Waals surface area contributed by atoms with Crippen molar-refractivity contribution in [1.82, 2.24) is 14.3 Å². The van der Waals surface area contributed by atoms with Crippen LogP contribution in [0.5, 0.6) is 0 Å². The fourth-order valence-corrected chi connectivity index (χ4v) is 3.20. The standard InChI is InChI=1S/C13H15N3O2S/c1-19(17,18)16-6-3-10(4-7-16)12-8-15-13-9-14-5-2-11(12)13/h2-3,5,8-9,15H,4,6-7H2,1H3. The van der Waals surface area contributed by atoms with Crippen molar-refractivity contribution in [2.45, 2.75) is 6.42 Å². The summed E-state index contributed by atoms with van der Waals surface area (Å²) in [6.45, 7) is 0.994. The molecule has 0 radical (unpaired) electrons. The number of H-pyrrole nitrogens is 1. The van der Waals surface area contributed by atoms with Crippen molar-refractivity contribution in [1.29, 1.82) is 0 Å². The van der Waals surface area contributed by atoms with Crippen molar-refractivity contribution in [2.75, 3.05) is 19.3 Å². The van der Waals surface area contributed by atoms with E-state index in [0.29, 0.717) is 13.1 Å². The third kappa shape index (κ3) is 2.29. The molecule has 0 amide bonds. The van der Waals surface area contributed by atoms with E-state index in [2.05, 4.69) is 9.97 Å². The molecule has 19 heavy (non-hydrogen) atoms. The van der Waals surface area contributed by atoms with Crippen LogP contribution in [-0.4, -0.2) is 42.0 Å². The molecule has 3 heterocycles. The topological polar surface area (TPSA) is 66.1 Å². The maximum absolute atomic E-state index is 11.5. The summed E-state index contributed by atoms with van der Waals surface area (Å²) in [6.07, 6.45) is 9.52. The van der Waals surface area contributed by atoms with Crippen molar-refractivity contribution >= 4 is 26.5 Å². The largest absolute Gasteiger partial charge is 0.359 e. The fourth-order valence-electron chi connectivity index (χ4n) is 2.43. The van der Waals surface area contributed by atoms with Gasteiger partial charge in [-0.3, -0.25) is 4.98 Å². The molecule has 0 saturated heterocycles. The number of aromatic nitrogens is 2. The lowest BCUT2D eigenvalue weighted by Crippen LogP contribution is -2.33. The highest BCUT2D eigenvalue weighted by Crippen LogP contribution is 2.29. The Labute approximate surface area is 112 Å². The lowest BCUT2D eigenvalue weighted by molar-refractivity contribution is 0.446. The minimum absolute atomic E-state index is 0.450. The number of sulfonamides is 1. The Morgan fingerprint density at radius 2 is 2.26 bits per heavy atom. The number of aromatic amines is 1. The molecule has 0 atom stereocenters. The summed E-state index contributed by atoms with van der Waals surface area (Å²) in [6, 6.07) is 1.98. The molecule has 0 fully saturated rings. The maximum atomic E-state index is 11.5. The van der Waals surface area contributed by atoms with E-state index >= 15 is 0 Å². The number of hydrogen-bond acceptors (Lipinski definition) is 3. The van der Waals surface area contributed by atoms with E-state index in [0.717, 1.165) is 22.9 Å². The quantitative estimate of drug-likeness (QED) is 0.907. The lowest BCUT2D eigenvalue weighted by Gasteiger charge is -2.24. The minimum atomic E-state index is -3.09. The molecule has 0 spiro atoms. The Hall–Kier alpha value is -1.66. The van der Waals surface area contributed by atoms with Crippen LogP contribution in [0.15, 0.2) is 30.7 Å². The number of hydrogen-bond donors (Lipinski definition) is 1. The summed E-state index contributed by atoms with van der Waals surface area (Å²) in [5, 5.41) is 1.13. The molecule has 1 N–H and O–H groups in total. The van der Waals surface area contributed by atoms with Gasteiger partial charge in [0.1, 0.15) is 0 Å². The van der Waals surface area contributed by atoms with Gasteiger partial charge in [-0.1, -0.05) is 6.08 Å². The van der Waals surface area contributed by atoms with Gasteiger partial charge in [0.15, 0.2) is 0 Å². The summed E-state index contributed by atoms with van der Waals surface area (Å²) in [4.78, 5) is 7.27. The fraction of sp³-hybridized carbons (Fsp3) is 0.308. The number of pyridine rings is 1. The molecule has 1 aliphatic heterocycles. The average molecular weight is 277 g/mol. The molecule has 6 heteroatoms. The normalized spacial score (nSPS) is 17.6. The third-order valence-electron chi connectivity index (χ3n) is 3.47. The second-order valence-corrected chi connectivity index (χ2v) is 6.71. The van der Waals surface area contributed by atoms with Gasteiger partial charge in [-0.2, -0.15) is 4.31 Å². The van der Waals surface area contributed by atoms with Crippen LogP contribution in [0.2, 0.25) is 0 Å². The van der Waals surface area contributed by atoms with Crippen LogP contribution in [0.25, 0.3) is 16.5 Å². The van der Waals surface area contributed by atoms with Crippen LogP contribution in [0, 0.1) is 0 Å². The van der Waals surface area contributed by atoms with E-state index in [9.17, 15) is 8.42 Å². The summed E-state index contributed by atoms with van der Waals surface area (Å²) in [5.41, 5.74) is 3.34. The number of fused-ring (bicyclic) bond motifs is 1. The van der Waals surface area contributed by atoms with Crippen molar-refractivity contribution in [3.8, 4) is 0 Å². The van der Waals surface area contributed by atoms with E-state index in [1.54, 1.807) is 12.4 Å². The Morgan fingerprint density at radius 1 is 1.42 bits per heavy atom. The van der Waals surface area contributed by atoms with Crippen LogP contribution in [0.1, 0.15) is 12.0 Å². The van der Waals surface area contributed by atoms with Gasteiger partial charge in [-0.15, -0.1) is 0 Å². The van der Waals surface area contributed by atoms with Crippen molar-refractivity contribution in [3.05, 3.63) is 36.3 Å². The summed E-state index contributed by atoms with van der Waals surface area (Å²) >= 11 is 0. The molecule has 0 aromatic carbocycles. The first kappa shape index (κ1) is 12.4. The Bertz CT molecular complexity index is 746. The van der Waals surface area contributed by atoms with Gasteiger partial charge in [-0.25, -0.2) is 8.42 Å². The molecule has 0 saturated carbocycles. The van der Waals surface area contributed by atoms with E-state index in [1.807, 2.05) is 18.3 Å². The zero-order chi connectivity index (χ0) is 13.5. The number of rotatable bonds is 2. The van der Waals surface area contributed by atoms with Gasteiger partial charge in [0.25, 0.3) is 0 Å². The third-order valence-corrected chi connectivity index (χ3v) is 4.74. The molecular formula is C13H15N3O2S. The lowest BCUT2D eigenvalue weighted by atomic mass is 10.0. The molecular weight excluding hydrogens is 262 g/mol. The molecule has 5 nitrogen and oxygen atoms in total. The highest BCUT2D eigenvalue weighted by Gasteiger charge is 2.21. The Morgan fingerprint density at radius 3 is 2.95 bits per heavy atom. The van der Waals surface area contributed by atoms with Gasteiger partial charge in [0.2, 0.25) is 10.0 Å². The van der Waals surface area contributed by atoms with Crippen LogP contribution >= 0.6 is 0 Å². The van der Waals surface area contributed by atoms with E-state index in [1.165, 1.54) is 16.1 Å². The first-order valence-electron chi connectivity index (χ1n) is 6.11. The summed E-state index contributed by atoms with van der Waals surface area (Å²) in [7, 11) is -3.09. The van der Waals surface area contributed by atoms with Crippen molar-refractivity contribution < 1.29 is 8.42 Å². The maximum Gasteiger partial charge on any atom is 0.211 e. The highest BCUT2D eigenvalue weighted by molar-refractivity contribution is 7.88. The molecule has 1 aliphatic rings. The van der Waals surface area contributed by atoms with E-state index < -0.39 is 10.0 Å². The Balaban J connectivity index is 1.94. The van der Waals surface area contributed by atoms with E-state index in [4.69, 9.17) is 0 Å². The first-order valence-corrected chi connectivity index (χ1v) is 7.96. The minimum Gasteiger partial charge on any atom is -0.359 e. The van der Waals surface area contributed by atoms with Crippen LogP contribution < -0.4 is 0 Å². The van der Waals surface area contributed by atoms with Crippen LogP contribution in [0.4, 0.5) is 0 Å². The van der Waals surface area contributed by atoms with Crippen molar-refractivity contribution in [2.24, 2.45) is 0 Å². The van der Waals surface area contributed by atoms with Crippen LogP contribution in [-0.2, 0) is 10.0 Å². The zero-order valence-electron chi connectivity index (χ0n) is 10.6. The van der Waals surface area contributed by atoms with Gasteiger partial charge in [-0.05, 0) is 18.1 Å². The Kier molecular flexibility index (Phi) is 2.91. The molecule has 0 aliphatic carbocycles. The monoisotopic (exact) mass is 277 g/mol. The smallest absolute Gasteiger partial charge is 0.211 e. The molecule has 2 aromatic rings. The van der Waals surface area contributed by atoms with E-state index in [-0.39, 0.29) is 0 Å². The number of nitrogens with one attached hydrogen (secondary N) is 1. The van der Waals surface area contributed by atoms with Crippen LogP contribution in [0.3, 0.4) is 0 Å². The number of nitrogens with zero attached hydrogens (tertiary/aromatic N) is 2. The van der Waals surface area contributed by atoms with Gasteiger partial charge >= 0.3 is 0 Å². The summed E-state index contributed by atoms with van der Waals surface area (Å²) in [5.74, 6) is 0. The second kappa shape index (κ2) is 4.47.